The molecule has 0 atom stereocenters. The third-order valence-corrected chi connectivity index (χ3v) is 2.79. The van der Waals surface area contributed by atoms with Crippen LogP contribution in [-0.2, 0) is 0 Å². The van der Waals surface area contributed by atoms with Crippen molar-refractivity contribution in [3.8, 4) is 0 Å². The number of hydrogen-bond acceptors (Lipinski definition) is 1. The lowest BCUT2D eigenvalue weighted by molar-refractivity contribution is 0.316. The van der Waals surface area contributed by atoms with Gasteiger partial charge in [0.15, 0.2) is 0 Å². The van der Waals surface area contributed by atoms with E-state index in [1.807, 2.05) is 0 Å². The smallest absolute Gasteiger partial charge is 0.000516 e. The Labute approximate surface area is 70.6 Å². The Kier molecular flexibility index (Phi) is 3.38. The molecule has 1 rings (SSSR count). The van der Waals surface area contributed by atoms with Crippen molar-refractivity contribution in [1.29, 1.82) is 0 Å². The molecule has 0 amide bonds. The molecule has 1 fully saturated rings. The van der Waals surface area contributed by atoms with E-state index in [4.69, 9.17) is 0 Å². The molecule has 1 aliphatic carbocycles. The van der Waals surface area contributed by atoms with E-state index in [2.05, 4.69) is 19.2 Å². The number of nitrogens with one attached hydrogen (secondary N) is 1. The summed E-state index contributed by atoms with van der Waals surface area (Å²) in [6.07, 6.45) is 7.03. The van der Waals surface area contributed by atoms with Gasteiger partial charge in [0.1, 0.15) is 0 Å². The summed E-state index contributed by atoms with van der Waals surface area (Å²) in [5, 5.41) is 3.52. The van der Waals surface area contributed by atoms with Crippen LogP contribution in [0.5, 0.6) is 0 Å². The molecule has 0 aromatic carbocycles. The lowest BCUT2D eigenvalue weighted by atomic mass is 9.89. The van der Waals surface area contributed by atoms with Crippen molar-refractivity contribution in [2.24, 2.45) is 5.41 Å². The maximum Gasteiger partial charge on any atom is 0.000516 e. The van der Waals surface area contributed by atoms with Crippen LogP contribution < -0.4 is 5.32 Å². The Balaban J connectivity index is 2.13. The summed E-state index contributed by atoms with van der Waals surface area (Å²) in [5.74, 6) is 0. The maximum atomic E-state index is 3.52. The van der Waals surface area contributed by atoms with E-state index in [1.54, 1.807) is 0 Å². The molecular weight excluding hydrogens is 134 g/mol. The second kappa shape index (κ2) is 4.10. The summed E-state index contributed by atoms with van der Waals surface area (Å²) >= 11 is 0. The fourth-order valence-corrected chi connectivity index (χ4v) is 1.97. The van der Waals surface area contributed by atoms with Gasteiger partial charge in [0.2, 0.25) is 0 Å². The maximum absolute atomic E-state index is 3.52. The van der Waals surface area contributed by atoms with Gasteiger partial charge in [-0.3, -0.25) is 0 Å². The molecule has 0 spiro atoms. The van der Waals surface area contributed by atoms with Crippen LogP contribution in [0.4, 0.5) is 0 Å². The summed E-state index contributed by atoms with van der Waals surface area (Å²) < 4.78 is 0. The standard InChI is InChI=1S/C10H21N/c1-3-8-11-9-10(2)6-4-5-7-10/h11H,3-9H2,1-2H3. The Morgan fingerprint density at radius 1 is 1.27 bits per heavy atom. The van der Waals surface area contributed by atoms with Crippen molar-refractivity contribution in [1.82, 2.24) is 5.32 Å². The molecule has 0 unspecified atom stereocenters. The molecule has 0 saturated heterocycles. The second-order valence-electron chi connectivity index (χ2n) is 4.19. The average molecular weight is 155 g/mol. The summed E-state index contributed by atoms with van der Waals surface area (Å²) in [6, 6.07) is 0. The first kappa shape index (κ1) is 9.05. The Morgan fingerprint density at radius 3 is 2.45 bits per heavy atom. The highest BCUT2D eigenvalue weighted by molar-refractivity contribution is 4.81. The lowest BCUT2D eigenvalue weighted by Crippen LogP contribution is -2.29. The van der Waals surface area contributed by atoms with Gasteiger partial charge in [0, 0.05) is 6.54 Å². The number of hydrogen-bond donors (Lipinski definition) is 1. The van der Waals surface area contributed by atoms with Crippen molar-refractivity contribution in [3.05, 3.63) is 0 Å². The van der Waals surface area contributed by atoms with Gasteiger partial charge < -0.3 is 5.32 Å². The Morgan fingerprint density at radius 2 is 1.91 bits per heavy atom. The minimum absolute atomic E-state index is 0.634. The molecule has 0 radical (unpaired) electrons. The summed E-state index contributed by atoms with van der Waals surface area (Å²) in [4.78, 5) is 0. The molecule has 1 saturated carbocycles. The first-order valence-electron chi connectivity index (χ1n) is 4.97. The van der Waals surface area contributed by atoms with E-state index < -0.39 is 0 Å². The van der Waals surface area contributed by atoms with Crippen LogP contribution in [0.2, 0.25) is 0 Å². The fourth-order valence-electron chi connectivity index (χ4n) is 1.97. The van der Waals surface area contributed by atoms with Crippen molar-refractivity contribution in [2.45, 2.75) is 46.0 Å². The normalized spacial score (nSPS) is 22.4. The molecule has 66 valence electrons. The Hall–Kier alpha value is -0.0400. The van der Waals surface area contributed by atoms with Gasteiger partial charge in [-0.15, -0.1) is 0 Å². The van der Waals surface area contributed by atoms with E-state index in [1.165, 1.54) is 45.2 Å². The van der Waals surface area contributed by atoms with E-state index in [9.17, 15) is 0 Å². The van der Waals surface area contributed by atoms with E-state index in [0.29, 0.717) is 5.41 Å². The highest BCUT2D eigenvalue weighted by atomic mass is 14.9. The molecule has 1 nitrogen and oxygen atoms in total. The molecule has 1 N–H and O–H groups in total. The molecule has 1 heteroatoms. The van der Waals surface area contributed by atoms with Gasteiger partial charge in [-0.05, 0) is 31.2 Å². The zero-order valence-corrected chi connectivity index (χ0v) is 7.95. The zero-order chi connectivity index (χ0) is 8.16. The highest BCUT2D eigenvalue weighted by Crippen LogP contribution is 2.36. The molecule has 0 aromatic heterocycles. The van der Waals surface area contributed by atoms with Crippen LogP contribution in [0, 0.1) is 5.41 Å². The molecule has 0 bridgehead atoms. The highest BCUT2D eigenvalue weighted by Gasteiger charge is 2.27. The van der Waals surface area contributed by atoms with Gasteiger partial charge in [0.05, 0.1) is 0 Å². The molecule has 11 heavy (non-hydrogen) atoms. The second-order valence-corrected chi connectivity index (χ2v) is 4.19. The fraction of sp³-hybridized carbons (Fsp3) is 1.00. The van der Waals surface area contributed by atoms with Gasteiger partial charge in [-0.25, -0.2) is 0 Å². The topological polar surface area (TPSA) is 12.0 Å². The van der Waals surface area contributed by atoms with Crippen LogP contribution in [-0.4, -0.2) is 13.1 Å². The van der Waals surface area contributed by atoms with E-state index in [-0.39, 0.29) is 0 Å². The van der Waals surface area contributed by atoms with Crippen molar-refractivity contribution >= 4 is 0 Å². The van der Waals surface area contributed by atoms with Crippen molar-refractivity contribution in [2.75, 3.05) is 13.1 Å². The monoisotopic (exact) mass is 155 g/mol. The van der Waals surface area contributed by atoms with Crippen LogP contribution in [0.15, 0.2) is 0 Å². The quantitative estimate of drug-likeness (QED) is 0.615. The van der Waals surface area contributed by atoms with Crippen molar-refractivity contribution < 1.29 is 0 Å². The van der Waals surface area contributed by atoms with Gasteiger partial charge in [-0.1, -0.05) is 26.7 Å². The zero-order valence-electron chi connectivity index (χ0n) is 7.95. The lowest BCUT2D eigenvalue weighted by Gasteiger charge is -2.23. The van der Waals surface area contributed by atoms with E-state index >= 15 is 0 Å². The third kappa shape index (κ3) is 2.82. The summed E-state index contributed by atoms with van der Waals surface area (Å²) in [5.41, 5.74) is 0.634. The predicted octanol–water partition coefficient (Wildman–Crippen LogP) is 2.57. The first-order chi connectivity index (χ1) is 5.27. The van der Waals surface area contributed by atoms with Crippen LogP contribution in [0.25, 0.3) is 0 Å². The first-order valence-corrected chi connectivity index (χ1v) is 4.97. The van der Waals surface area contributed by atoms with Gasteiger partial charge in [0.25, 0.3) is 0 Å². The average Bonchev–Trinajstić information content (AvgIpc) is 2.38. The third-order valence-electron chi connectivity index (χ3n) is 2.79. The van der Waals surface area contributed by atoms with E-state index in [0.717, 1.165) is 0 Å². The van der Waals surface area contributed by atoms with Gasteiger partial charge in [-0.2, -0.15) is 0 Å². The van der Waals surface area contributed by atoms with Crippen LogP contribution in [0.1, 0.15) is 46.0 Å². The molecule has 0 heterocycles. The minimum atomic E-state index is 0.634. The van der Waals surface area contributed by atoms with Crippen LogP contribution >= 0.6 is 0 Å². The molecule has 0 aromatic rings. The largest absolute Gasteiger partial charge is 0.316 e. The van der Waals surface area contributed by atoms with Crippen LogP contribution in [0.3, 0.4) is 0 Å². The SMILES string of the molecule is CCCNCC1(C)CCCC1. The predicted molar refractivity (Wildman–Crippen MR) is 49.7 cm³/mol. The molecular formula is C10H21N. The molecule has 1 aliphatic rings. The molecule has 0 aliphatic heterocycles. The van der Waals surface area contributed by atoms with Crippen molar-refractivity contribution in [3.63, 3.8) is 0 Å². The minimum Gasteiger partial charge on any atom is -0.316 e. The summed E-state index contributed by atoms with van der Waals surface area (Å²) in [7, 11) is 0. The number of rotatable bonds is 4. The summed E-state index contributed by atoms with van der Waals surface area (Å²) in [6.45, 7) is 7.07. The Bertz CT molecular complexity index is 103. The van der Waals surface area contributed by atoms with Gasteiger partial charge >= 0.3 is 0 Å².